The minimum absolute atomic E-state index is 0.0922. The number of piperazine rings is 1. The third-order valence-corrected chi connectivity index (χ3v) is 4.59. The van der Waals surface area contributed by atoms with Crippen molar-refractivity contribution in [3.63, 3.8) is 0 Å². The topological polar surface area (TPSA) is 71.7 Å². The first kappa shape index (κ1) is 18.6. The molecule has 2 aromatic rings. The Morgan fingerprint density at radius 3 is 2.44 bits per heavy atom. The van der Waals surface area contributed by atoms with Crippen molar-refractivity contribution in [2.75, 3.05) is 37.6 Å². The van der Waals surface area contributed by atoms with Gasteiger partial charge in [-0.25, -0.2) is 5.43 Å². The fourth-order valence-electron chi connectivity index (χ4n) is 3.01. The highest BCUT2D eigenvalue weighted by Crippen LogP contribution is 2.15. The summed E-state index contributed by atoms with van der Waals surface area (Å²) in [6.07, 6.45) is 2.01. The van der Waals surface area contributed by atoms with Crippen molar-refractivity contribution < 1.29 is 4.79 Å². The highest BCUT2D eigenvalue weighted by Gasteiger charge is 2.17. The Kier molecular flexibility index (Phi) is 6.55. The summed E-state index contributed by atoms with van der Waals surface area (Å²) in [6, 6.07) is 19.5. The van der Waals surface area contributed by atoms with Gasteiger partial charge in [0.15, 0.2) is 0 Å². The van der Waals surface area contributed by atoms with Crippen molar-refractivity contribution in [2.45, 2.75) is 6.42 Å². The van der Waals surface area contributed by atoms with Crippen LogP contribution >= 0.6 is 0 Å². The average Bonchev–Trinajstić information content (AvgIpc) is 2.74. The molecule has 0 atom stereocenters. The highest BCUT2D eigenvalue weighted by atomic mass is 16.2. The first-order valence-electron chi connectivity index (χ1n) is 9.09. The Morgan fingerprint density at radius 2 is 1.78 bits per heavy atom. The predicted octanol–water partition coefficient (Wildman–Crippen LogP) is 2.22. The van der Waals surface area contributed by atoms with Crippen LogP contribution in [0, 0.1) is 11.3 Å². The van der Waals surface area contributed by atoms with E-state index in [4.69, 9.17) is 5.26 Å². The molecular formula is C21H23N5O. The van der Waals surface area contributed by atoms with E-state index in [9.17, 15) is 4.79 Å². The minimum atomic E-state index is -0.0922. The molecule has 2 aromatic carbocycles. The van der Waals surface area contributed by atoms with Crippen LogP contribution in [0.2, 0.25) is 0 Å². The first-order chi connectivity index (χ1) is 13.2. The number of nitrogens with zero attached hydrogens (tertiary/aromatic N) is 4. The summed E-state index contributed by atoms with van der Waals surface area (Å²) >= 11 is 0. The molecular weight excluding hydrogens is 338 g/mol. The van der Waals surface area contributed by atoms with Gasteiger partial charge in [0, 0.05) is 44.8 Å². The van der Waals surface area contributed by atoms with Crippen LogP contribution in [-0.2, 0) is 4.79 Å². The van der Waals surface area contributed by atoms with E-state index in [1.807, 2.05) is 6.07 Å². The summed E-state index contributed by atoms with van der Waals surface area (Å²) in [5.74, 6) is -0.0922. The van der Waals surface area contributed by atoms with Crippen molar-refractivity contribution in [3.8, 4) is 6.07 Å². The van der Waals surface area contributed by atoms with E-state index in [0.717, 1.165) is 38.3 Å². The summed E-state index contributed by atoms with van der Waals surface area (Å²) in [7, 11) is 0. The van der Waals surface area contributed by atoms with Gasteiger partial charge in [0.2, 0.25) is 5.91 Å². The summed E-state index contributed by atoms with van der Waals surface area (Å²) < 4.78 is 0. The lowest BCUT2D eigenvalue weighted by Gasteiger charge is -2.36. The molecule has 1 heterocycles. The quantitative estimate of drug-likeness (QED) is 0.633. The molecule has 0 aliphatic carbocycles. The largest absolute Gasteiger partial charge is 0.369 e. The van der Waals surface area contributed by atoms with Gasteiger partial charge in [-0.15, -0.1) is 0 Å². The SMILES string of the molecule is N#Cc1ccc(/C=N/NC(=O)CCN2CCN(c3ccccc3)CC2)cc1. The van der Waals surface area contributed by atoms with Gasteiger partial charge in [-0.05, 0) is 29.8 Å². The lowest BCUT2D eigenvalue weighted by molar-refractivity contribution is -0.121. The van der Waals surface area contributed by atoms with E-state index in [0.29, 0.717) is 12.0 Å². The number of hydrazone groups is 1. The van der Waals surface area contributed by atoms with Crippen molar-refractivity contribution in [1.29, 1.82) is 5.26 Å². The predicted molar refractivity (Wildman–Crippen MR) is 107 cm³/mol. The van der Waals surface area contributed by atoms with Gasteiger partial charge in [-0.3, -0.25) is 9.69 Å². The van der Waals surface area contributed by atoms with Crippen LogP contribution in [0.15, 0.2) is 59.7 Å². The third-order valence-electron chi connectivity index (χ3n) is 4.59. The maximum absolute atomic E-state index is 12.0. The molecule has 6 heteroatoms. The van der Waals surface area contributed by atoms with Crippen molar-refractivity contribution in [1.82, 2.24) is 10.3 Å². The molecule has 1 fully saturated rings. The van der Waals surface area contributed by atoms with Gasteiger partial charge in [0.05, 0.1) is 17.8 Å². The first-order valence-corrected chi connectivity index (χ1v) is 9.09. The van der Waals surface area contributed by atoms with Crippen molar-refractivity contribution in [3.05, 3.63) is 65.7 Å². The number of nitriles is 1. The second-order valence-electron chi connectivity index (χ2n) is 6.44. The Bertz CT molecular complexity index is 803. The number of hydrogen-bond donors (Lipinski definition) is 1. The second-order valence-corrected chi connectivity index (χ2v) is 6.44. The lowest BCUT2D eigenvalue weighted by Crippen LogP contribution is -2.47. The summed E-state index contributed by atoms with van der Waals surface area (Å²) in [4.78, 5) is 16.6. The normalized spacial score (nSPS) is 14.9. The number of benzene rings is 2. The number of amides is 1. The van der Waals surface area contributed by atoms with Gasteiger partial charge in [0.1, 0.15) is 0 Å². The van der Waals surface area contributed by atoms with Gasteiger partial charge >= 0.3 is 0 Å². The van der Waals surface area contributed by atoms with E-state index < -0.39 is 0 Å². The maximum atomic E-state index is 12.0. The molecule has 3 rings (SSSR count). The molecule has 0 aromatic heterocycles. The van der Waals surface area contributed by atoms with Crippen LogP contribution in [0.1, 0.15) is 17.5 Å². The number of rotatable bonds is 6. The van der Waals surface area contributed by atoms with E-state index in [-0.39, 0.29) is 5.91 Å². The monoisotopic (exact) mass is 361 g/mol. The molecule has 0 bridgehead atoms. The molecule has 1 aliphatic heterocycles. The molecule has 0 spiro atoms. The Labute approximate surface area is 159 Å². The number of hydrogen-bond acceptors (Lipinski definition) is 5. The lowest BCUT2D eigenvalue weighted by atomic mass is 10.2. The summed E-state index contributed by atoms with van der Waals surface area (Å²) in [5, 5.41) is 12.7. The highest BCUT2D eigenvalue weighted by molar-refractivity contribution is 5.82. The van der Waals surface area contributed by atoms with Crippen LogP contribution < -0.4 is 10.3 Å². The smallest absolute Gasteiger partial charge is 0.241 e. The van der Waals surface area contributed by atoms with Crippen LogP contribution in [0.4, 0.5) is 5.69 Å². The van der Waals surface area contributed by atoms with E-state index >= 15 is 0 Å². The zero-order valence-corrected chi connectivity index (χ0v) is 15.2. The number of anilines is 1. The summed E-state index contributed by atoms with van der Waals surface area (Å²) in [5.41, 5.74) is 5.26. The van der Waals surface area contributed by atoms with Crippen molar-refractivity contribution in [2.24, 2.45) is 5.10 Å². The second kappa shape index (κ2) is 9.51. The van der Waals surface area contributed by atoms with Crippen LogP contribution in [0.5, 0.6) is 0 Å². The molecule has 1 saturated heterocycles. The summed E-state index contributed by atoms with van der Waals surface area (Å²) in [6.45, 7) is 4.60. The molecule has 0 unspecified atom stereocenters. The van der Waals surface area contributed by atoms with Gasteiger partial charge < -0.3 is 4.90 Å². The third kappa shape index (κ3) is 5.66. The Morgan fingerprint density at radius 1 is 1.07 bits per heavy atom. The number of nitrogens with one attached hydrogen (secondary N) is 1. The number of para-hydroxylation sites is 1. The fraction of sp³-hybridized carbons (Fsp3) is 0.286. The number of carbonyl (C=O) groups is 1. The van der Waals surface area contributed by atoms with Crippen molar-refractivity contribution >= 4 is 17.8 Å². The fourth-order valence-corrected chi connectivity index (χ4v) is 3.01. The van der Waals surface area contributed by atoms with Crippen LogP contribution in [0.25, 0.3) is 0 Å². The van der Waals surface area contributed by atoms with Gasteiger partial charge in [-0.1, -0.05) is 30.3 Å². The molecule has 1 N–H and O–H groups in total. The van der Waals surface area contributed by atoms with E-state index in [1.165, 1.54) is 5.69 Å². The molecule has 0 saturated carbocycles. The minimum Gasteiger partial charge on any atom is -0.369 e. The molecule has 6 nitrogen and oxygen atoms in total. The molecule has 1 aliphatic rings. The maximum Gasteiger partial charge on any atom is 0.241 e. The molecule has 0 radical (unpaired) electrons. The zero-order valence-electron chi connectivity index (χ0n) is 15.2. The molecule has 1 amide bonds. The zero-order chi connectivity index (χ0) is 18.9. The van der Waals surface area contributed by atoms with Crippen LogP contribution in [0.3, 0.4) is 0 Å². The Hall–Kier alpha value is -3.17. The Balaban J connectivity index is 1.36. The number of carbonyl (C=O) groups excluding carboxylic acids is 1. The molecule has 27 heavy (non-hydrogen) atoms. The van der Waals surface area contributed by atoms with Gasteiger partial charge in [-0.2, -0.15) is 10.4 Å². The standard InChI is InChI=1S/C21H23N5O/c22-16-18-6-8-19(9-7-18)17-23-24-21(27)10-11-25-12-14-26(15-13-25)20-4-2-1-3-5-20/h1-9,17H,10-15H2,(H,24,27)/b23-17+. The average molecular weight is 361 g/mol. The van der Waals surface area contributed by atoms with Crippen LogP contribution in [-0.4, -0.2) is 49.7 Å². The van der Waals surface area contributed by atoms with E-state index in [2.05, 4.69) is 50.7 Å². The molecule has 138 valence electrons. The van der Waals surface area contributed by atoms with E-state index in [1.54, 1.807) is 30.5 Å². The van der Waals surface area contributed by atoms with Gasteiger partial charge in [0.25, 0.3) is 0 Å².